The van der Waals surface area contributed by atoms with E-state index < -0.39 is 0 Å². The summed E-state index contributed by atoms with van der Waals surface area (Å²) >= 11 is 0. The van der Waals surface area contributed by atoms with Gasteiger partial charge in [0.1, 0.15) is 17.5 Å². The van der Waals surface area contributed by atoms with Crippen LogP contribution in [0.2, 0.25) is 0 Å². The molecule has 4 heterocycles. The van der Waals surface area contributed by atoms with E-state index in [0.29, 0.717) is 28.2 Å². The zero-order chi connectivity index (χ0) is 24.2. The molecule has 9 heteroatoms. The SMILES string of the molecule is Cc1nc(N)c(C=N)c(N2CCc3c(c(C)nn3CC34CCC(N5CCOCC5)(CC3)CC4)C2)n1. The van der Waals surface area contributed by atoms with Crippen LogP contribution in [0.3, 0.4) is 0 Å². The van der Waals surface area contributed by atoms with E-state index in [1.54, 1.807) is 0 Å². The van der Waals surface area contributed by atoms with Gasteiger partial charge in [-0.15, -0.1) is 0 Å². The minimum absolute atomic E-state index is 0.377. The predicted octanol–water partition coefficient (Wildman–Crippen LogP) is 2.86. The van der Waals surface area contributed by atoms with Gasteiger partial charge in [-0.05, 0) is 57.8 Å². The summed E-state index contributed by atoms with van der Waals surface area (Å²) in [5.74, 6) is 1.78. The van der Waals surface area contributed by atoms with Gasteiger partial charge < -0.3 is 20.8 Å². The van der Waals surface area contributed by atoms with E-state index in [1.807, 2.05) is 6.92 Å². The largest absolute Gasteiger partial charge is 0.383 e. The summed E-state index contributed by atoms with van der Waals surface area (Å²) in [6.07, 6.45) is 10.1. The van der Waals surface area contributed by atoms with Crippen LogP contribution in [0.1, 0.15) is 66.9 Å². The molecule has 7 rings (SSSR count). The van der Waals surface area contributed by atoms with Crippen LogP contribution in [0.15, 0.2) is 0 Å². The number of nitrogen functional groups attached to an aromatic ring is 1. The molecule has 0 atom stereocenters. The highest BCUT2D eigenvalue weighted by Gasteiger charge is 2.51. The first-order valence-electron chi connectivity index (χ1n) is 13.2. The molecule has 2 aliphatic heterocycles. The molecule has 3 aliphatic carbocycles. The molecule has 0 amide bonds. The fraction of sp³-hybridized carbons (Fsp3) is 0.692. The Morgan fingerprint density at radius 2 is 1.74 bits per heavy atom. The third kappa shape index (κ3) is 3.83. The van der Waals surface area contributed by atoms with Crippen molar-refractivity contribution in [2.24, 2.45) is 5.41 Å². The minimum atomic E-state index is 0.377. The van der Waals surface area contributed by atoms with Crippen molar-refractivity contribution in [2.45, 2.75) is 77.4 Å². The Labute approximate surface area is 207 Å². The molecule has 0 aromatic carbocycles. The van der Waals surface area contributed by atoms with Gasteiger partial charge in [0.2, 0.25) is 0 Å². The molecule has 2 aromatic rings. The highest BCUT2D eigenvalue weighted by Crippen LogP contribution is 2.55. The van der Waals surface area contributed by atoms with Gasteiger partial charge in [0.15, 0.2) is 0 Å². The van der Waals surface area contributed by atoms with Gasteiger partial charge >= 0.3 is 0 Å². The first-order valence-corrected chi connectivity index (χ1v) is 13.2. The number of ether oxygens (including phenoxy) is 1. The standard InChI is InChI=1S/C26H38N8O/c1-18-21-16-32(24-20(15-27)23(28)29-19(2)30-24)10-3-22(21)34(31-18)17-25-4-7-26(8-5-25,9-6-25)33-11-13-35-14-12-33/h15,27H,3-14,16-17H2,1-2H3,(H2,28,29,30). The normalized spacial score (nSPS) is 28.8. The van der Waals surface area contributed by atoms with Gasteiger partial charge in [0.25, 0.3) is 0 Å². The number of nitrogens with two attached hydrogens (primary N) is 1. The Morgan fingerprint density at radius 1 is 1.03 bits per heavy atom. The second-order valence-corrected chi connectivity index (χ2v) is 11.2. The molecule has 3 N–H and O–H groups in total. The molecule has 0 unspecified atom stereocenters. The second-order valence-electron chi connectivity index (χ2n) is 11.2. The molecule has 9 nitrogen and oxygen atoms in total. The summed E-state index contributed by atoms with van der Waals surface area (Å²) in [5.41, 5.74) is 11.4. The fourth-order valence-electron chi connectivity index (χ4n) is 7.25. The van der Waals surface area contributed by atoms with E-state index >= 15 is 0 Å². The Hall–Kier alpha value is -2.52. The fourth-order valence-corrected chi connectivity index (χ4v) is 7.25. The molecule has 2 aromatic heterocycles. The van der Waals surface area contributed by atoms with E-state index in [1.165, 1.54) is 56.0 Å². The van der Waals surface area contributed by atoms with Crippen molar-refractivity contribution in [1.82, 2.24) is 24.6 Å². The average molecular weight is 479 g/mol. The quantitative estimate of drug-likeness (QED) is 0.636. The molecule has 4 fully saturated rings. The van der Waals surface area contributed by atoms with Crippen LogP contribution in [0.4, 0.5) is 11.6 Å². The van der Waals surface area contributed by atoms with E-state index in [-0.39, 0.29) is 0 Å². The Kier molecular flexibility index (Phi) is 5.60. The molecule has 0 radical (unpaired) electrons. The van der Waals surface area contributed by atoms with Crippen molar-refractivity contribution in [2.75, 3.05) is 43.5 Å². The van der Waals surface area contributed by atoms with E-state index in [2.05, 4.69) is 31.4 Å². The van der Waals surface area contributed by atoms with Gasteiger partial charge in [-0.1, -0.05) is 0 Å². The molecule has 0 spiro atoms. The van der Waals surface area contributed by atoms with Gasteiger partial charge in [-0.3, -0.25) is 9.58 Å². The Balaban J connectivity index is 1.20. The van der Waals surface area contributed by atoms with Crippen LogP contribution in [-0.2, 0) is 24.2 Å². The van der Waals surface area contributed by atoms with Crippen LogP contribution in [0, 0.1) is 24.7 Å². The Morgan fingerprint density at radius 3 is 2.43 bits per heavy atom. The topological polar surface area (TPSA) is 109 Å². The maximum atomic E-state index is 7.84. The molecule has 5 aliphatic rings. The maximum Gasteiger partial charge on any atom is 0.143 e. The first-order chi connectivity index (χ1) is 16.9. The van der Waals surface area contributed by atoms with Crippen molar-refractivity contribution in [3.8, 4) is 0 Å². The summed E-state index contributed by atoms with van der Waals surface area (Å²) in [6, 6.07) is 0. The number of nitrogens with one attached hydrogen (secondary N) is 1. The number of hydrogen-bond acceptors (Lipinski definition) is 8. The lowest BCUT2D eigenvalue weighted by molar-refractivity contribution is -0.0958. The maximum absolute atomic E-state index is 7.84. The van der Waals surface area contributed by atoms with Crippen molar-refractivity contribution < 1.29 is 4.74 Å². The lowest BCUT2D eigenvalue weighted by Gasteiger charge is -2.58. The molecule has 188 valence electrons. The summed E-state index contributed by atoms with van der Waals surface area (Å²) < 4.78 is 7.98. The van der Waals surface area contributed by atoms with Crippen molar-refractivity contribution in [3.63, 3.8) is 0 Å². The summed E-state index contributed by atoms with van der Waals surface area (Å²) in [7, 11) is 0. The molecule has 35 heavy (non-hydrogen) atoms. The average Bonchev–Trinajstić information content (AvgIpc) is 3.19. The monoisotopic (exact) mass is 478 g/mol. The minimum Gasteiger partial charge on any atom is -0.383 e. The zero-order valence-electron chi connectivity index (χ0n) is 21.1. The Bertz CT molecular complexity index is 1110. The van der Waals surface area contributed by atoms with Gasteiger partial charge in [0.05, 0.1) is 24.5 Å². The number of fused-ring (bicyclic) bond motifs is 4. The molecular weight excluding hydrogens is 440 g/mol. The summed E-state index contributed by atoms with van der Waals surface area (Å²) in [4.78, 5) is 13.9. The lowest BCUT2D eigenvalue weighted by atomic mass is 9.56. The lowest BCUT2D eigenvalue weighted by Crippen LogP contribution is -2.60. The molecular formula is C26H38N8O. The molecule has 1 saturated heterocycles. The number of nitrogens with zero attached hydrogens (tertiary/aromatic N) is 6. The highest BCUT2D eigenvalue weighted by atomic mass is 16.5. The van der Waals surface area contributed by atoms with Gasteiger partial charge in [-0.25, -0.2) is 9.97 Å². The first kappa shape index (κ1) is 22.9. The zero-order valence-corrected chi connectivity index (χ0v) is 21.1. The third-order valence-electron chi connectivity index (χ3n) is 9.37. The molecule has 2 bridgehead atoms. The summed E-state index contributed by atoms with van der Waals surface area (Å²) in [5, 5.41) is 12.9. The number of rotatable bonds is 5. The number of morpholine rings is 1. The van der Waals surface area contributed by atoms with E-state index in [4.69, 9.17) is 21.0 Å². The van der Waals surface area contributed by atoms with Gasteiger partial charge in [-0.2, -0.15) is 5.10 Å². The van der Waals surface area contributed by atoms with E-state index in [0.717, 1.165) is 63.9 Å². The number of aromatic nitrogens is 4. The van der Waals surface area contributed by atoms with Crippen molar-refractivity contribution in [3.05, 3.63) is 28.3 Å². The van der Waals surface area contributed by atoms with Crippen LogP contribution < -0.4 is 10.6 Å². The number of aryl methyl sites for hydroxylation is 2. The van der Waals surface area contributed by atoms with Crippen LogP contribution in [0.5, 0.6) is 0 Å². The molecule has 3 saturated carbocycles. The second kappa shape index (κ2) is 8.55. The van der Waals surface area contributed by atoms with Gasteiger partial charge in [0, 0.05) is 62.2 Å². The van der Waals surface area contributed by atoms with Crippen LogP contribution in [-0.4, -0.2) is 69.2 Å². The predicted molar refractivity (Wildman–Crippen MR) is 136 cm³/mol. The number of hydrogen-bond donors (Lipinski definition) is 2. The smallest absolute Gasteiger partial charge is 0.143 e. The summed E-state index contributed by atoms with van der Waals surface area (Å²) in [6.45, 7) is 10.6. The van der Waals surface area contributed by atoms with Crippen LogP contribution >= 0.6 is 0 Å². The van der Waals surface area contributed by atoms with Crippen LogP contribution in [0.25, 0.3) is 0 Å². The highest BCUT2D eigenvalue weighted by molar-refractivity contribution is 5.90. The van der Waals surface area contributed by atoms with Crippen molar-refractivity contribution in [1.29, 1.82) is 5.41 Å². The van der Waals surface area contributed by atoms with E-state index in [9.17, 15) is 0 Å². The third-order valence-corrected chi connectivity index (χ3v) is 9.37. The van der Waals surface area contributed by atoms with Crippen molar-refractivity contribution >= 4 is 17.9 Å². The number of anilines is 2.